The van der Waals surface area contributed by atoms with Crippen molar-refractivity contribution < 1.29 is 22.8 Å². The topological polar surface area (TPSA) is 76.9 Å². The molecule has 0 saturated heterocycles. The summed E-state index contributed by atoms with van der Waals surface area (Å²) in [6.07, 6.45) is -3.94. The highest BCUT2D eigenvalue weighted by Gasteiger charge is 2.37. The van der Waals surface area contributed by atoms with Crippen molar-refractivity contribution in [1.82, 2.24) is 14.8 Å². The first kappa shape index (κ1) is 20.0. The van der Waals surface area contributed by atoms with Crippen molar-refractivity contribution in [3.8, 4) is 0 Å². The Balaban J connectivity index is 1.83. The molecule has 0 radical (unpaired) electrons. The largest absolute Gasteiger partial charge is 0.451 e. The molecule has 0 spiro atoms. The maximum atomic E-state index is 12.6. The van der Waals surface area contributed by atoms with Gasteiger partial charge in [0.15, 0.2) is 10.9 Å². The lowest BCUT2D eigenvalue weighted by molar-refractivity contribution is -0.147. The summed E-state index contributed by atoms with van der Waals surface area (Å²) < 4.78 is 38.8. The molecule has 0 saturated carbocycles. The summed E-state index contributed by atoms with van der Waals surface area (Å²) in [6, 6.07) is 6.69. The molecule has 1 N–H and O–H groups in total. The SMILES string of the molecule is CC(=O)c1ccccc1NC(=O)CCCSc1nnc(C(F)(F)F)n1C. The lowest BCUT2D eigenvalue weighted by Gasteiger charge is -2.09. The van der Waals surface area contributed by atoms with Crippen LogP contribution in [-0.4, -0.2) is 32.2 Å². The van der Waals surface area contributed by atoms with E-state index in [0.717, 1.165) is 16.3 Å². The maximum Gasteiger partial charge on any atom is 0.451 e. The van der Waals surface area contributed by atoms with Gasteiger partial charge in [-0.05, 0) is 25.5 Å². The molecule has 6 nitrogen and oxygen atoms in total. The Labute approximate surface area is 152 Å². The van der Waals surface area contributed by atoms with E-state index < -0.39 is 12.0 Å². The number of Topliss-reactive ketones (excluding diaryl/α,β-unsaturated/α-hetero) is 1. The van der Waals surface area contributed by atoms with Gasteiger partial charge in [0.05, 0.1) is 5.69 Å². The number of halogens is 3. The van der Waals surface area contributed by atoms with Gasteiger partial charge in [-0.2, -0.15) is 13.2 Å². The molecule has 0 aliphatic carbocycles. The summed E-state index contributed by atoms with van der Waals surface area (Å²) in [4.78, 5) is 23.5. The summed E-state index contributed by atoms with van der Waals surface area (Å²) in [6.45, 7) is 1.41. The zero-order chi connectivity index (χ0) is 19.3. The van der Waals surface area contributed by atoms with Crippen molar-refractivity contribution in [2.45, 2.75) is 31.1 Å². The lowest BCUT2D eigenvalue weighted by atomic mass is 10.1. The third kappa shape index (κ3) is 5.07. The van der Waals surface area contributed by atoms with Gasteiger partial charge in [-0.25, -0.2) is 0 Å². The fourth-order valence-corrected chi connectivity index (χ4v) is 3.05. The quantitative estimate of drug-likeness (QED) is 0.447. The highest BCUT2D eigenvalue weighted by Crippen LogP contribution is 2.29. The monoisotopic (exact) mass is 386 g/mol. The molecule has 2 aromatic rings. The van der Waals surface area contributed by atoms with E-state index in [9.17, 15) is 22.8 Å². The fourth-order valence-electron chi connectivity index (χ4n) is 2.20. The van der Waals surface area contributed by atoms with E-state index in [-0.39, 0.29) is 23.3 Å². The van der Waals surface area contributed by atoms with Gasteiger partial charge in [-0.15, -0.1) is 10.2 Å². The van der Waals surface area contributed by atoms with Gasteiger partial charge in [0.25, 0.3) is 0 Å². The zero-order valence-corrected chi connectivity index (χ0v) is 14.9. The molecule has 0 bridgehead atoms. The molecule has 0 atom stereocenters. The van der Waals surface area contributed by atoms with Crippen molar-refractivity contribution in [3.05, 3.63) is 35.7 Å². The molecule has 140 valence electrons. The minimum atomic E-state index is -4.55. The first-order valence-electron chi connectivity index (χ1n) is 7.69. The molecule has 0 aliphatic rings. The van der Waals surface area contributed by atoms with Crippen molar-refractivity contribution in [2.75, 3.05) is 11.1 Å². The molecule has 1 amide bonds. The first-order valence-corrected chi connectivity index (χ1v) is 8.68. The summed E-state index contributed by atoms with van der Waals surface area (Å²) in [5.74, 6) is -1.07. The summed E-state index contributed by atoms with van der Waals surface area (Å²) in [5, 5.41) is 9.47. The Morgan fingerprint density at radius 3 is 2.54 bits per heavy atom. The fraction of sp³-hybridized carbons (Fsp3) is 0.375. The van der Waals surface area contributed by atoms with E-state index in [4.69, 9.17) is 0 Å². The molecule has 2 rings (SSSR count). The van der Waals surface area contributed by atoms with Gasteiger partial charge in [-0.1, -0.05) is 23.9 Å². The standard InChI is InChI=1S/C16H17F3N4O2S/c1-10(24)11-6-3-4-7-12(11)20-13(25)8-5-9-26-15-22-21-14(23(15)2)16(17,18)19/h3-4,6-7H,5,8-9H2,1-2H3,(H,20,25). The van der Waals surface area contributed by atoms with Crippen LogP contribution in [0, 0.1) is 0 Å². The van der Waals surface area contributed by atoms with Crippen LogP contribution in [0.2, 0.25) is 0 Å². The second-order valence-corrected chi connectivity index (χ2v) is 6.53. The van der Waals surface area contributed by atoms with Crippen molar-refractivity contribution >= 4 is 29.1 Å². The average Bonchev–Trinajstić information content (AvgIpc) is 2.93. The van der Waals surface area contributed by atoms with Crippen LogP contribution in [0.5, 0.6) is 0 Å². The van der Waals surface area contributed by atoms with Crippen LogP contribution in [0.4, 0.5) is 18.9 Å². The second-order valence-electron chi connectivity index (χ2n) is 5.46. The van der Waals surface area contributed by atoms with E-state index in [0.29, 0.717) is 23.4 Å². The molecule has 0 unspecified atom stereocenters. The normalized spacial score (nSPS) is 11.4. The maximum absolute atomic E-state index is 12.6. The number of carbonyl (C=O) groups excluding carboxylic acids is 2. The number of nitrogens with one attached hydrogen (secondary N) is 1. The number of para-hydroxylation sites is 1. The molecule has 1 aromatic heterocycles. The predicted molar refractivity (Wildman–Crippen MR) is 91.0 cm³/mol. The number of carbonyl (C=O) groups is 2. The Hall–Kier alpha value is -2.36. The van der Waals surface area contributed by atoms with E-state index in [1.54, 1.807) is 24.3 Å². The summed E-state index contributed by atoms with van der Waals surface area (Å²) >= 11 is 1.10. The van der Waals surface area contributed by atoms with Gasteiger partial charge in [0, 0.05) is 24.8 Å². The number of benzene rings is 1. The van der Waals surface area contributed by atoms with Gasteiger partial charge >= 0.3 is 6.18 Å². The molecule has 26 heavy (non-hydrogen) atoms. The van der Waals surface area contributed by atoms with Crippen LogP contribution in [0.1, 0.15) is 35.9 Å². The van der Waals surface area contributed by atoms with Crippen LogP contribution in [0.25, 0.3) is 0 Å². The molecular formula is C16H17F3N4O2S. The number of thioether (sulfide) groups is 1. The van der Waals surface area contributed by atoms with Crippen molar-refractivity contribution in [1.29, 1.82) is 0 Å². The number of anilines is 1. The number of hydrogen-bond donors (Lipinski definition) is 1. The highest BCUT2D eigenvalue weighted by atomic mass is 32.2. The number of amides is 1. The van der Waals surface area contributed by atoms with Gasteiger partial charge in [0.2, 0.25) is 11.7 Å². The Morgan fingerprint density at radius 1 is 1.23 bits per heavy atom. The minimum absolute atomic E-state index is 0.139. The second kappa shape index (κ2) is 8.35. The molecule has 1 heterocycles. The number of alkyl halides is 3. The van der Waals surface area contributed by atoms with E-state index >= 15 is 0 Å². The van der Waals surface area contributed by atoms with E-state index in [2.05, 4.69) is 15.5 Å². The number of nitrogens with zero attached hydrogens (tertiary/aromatic N) is 3. The molecule has 1 aromatic carbocycles. The van der Waals surface area contributed by atoms with E-state index in [1.165, 1.54) is 14.0 Å². The van der Waals surface area contributed by atoms with Crippen molar-refractivity contribution in [2.24, 2.45) is 7.05 Å². The highest BCUT2D eigenvalue weighted by molar-refractivity contribution is 7.99. The smallest absolute Gasteiger partial charge is 0.325 e. The third-order valence-corrected chi connectivity index (χ3v) is 4.55. The van der Waals surface area contributed by atoms with Gasteiger partial charge in [0.1, 0.15) is 0 Å². The third-order valence-electron chi connectivity index (χ3n) is 3.45. The summed E-state index contributed by atoms with van der Waals surface area (Å²) in [5.41, 5.74) is 0.870. The van der Waals surface area contributed by atoms with Crippen LogP contribution in [-0.2, 0) is 18.0 Å². The van der Waals surface area contributed by atoms with E-state index in [1.807, 2.05) is 0 Å². The molecule has 0 aliphatic heterocycles. The molecule has 10 heteroatoms. The first-order chi connectivity index (χ1) is 12.2. The number of hydrogen-bond acceptors (Lipinski definition) is 5. The zero-order valence-electron chi connectivity index (χ0n) is 14.1. The molecular weight excluding hydrogens is 369 g/mol. The number of aromatic nitrogens is 3. The van der Waals surface area contributed by atoms with Crippen LogP contribution < -0.4 is 5.32 Å². The minimum Gasteiger partial charge on any atom is -0.325 e. The average molecular weight is 386 g/mol. The van der Waals surface area contributed by atoms with Gasteiger partial charge < -0.3 is 9.88 Å². The van der Waals surface area contributed by atoms with Crippen LogP contribution >= 0.6 is 11.8 Å². The van der Waals surface area contributed by atoms with Crippen molar-refractivity contribution in [3.63, 3.8) is 0 Å². The Bertz CT molecular complexity index is 805. The number of ketones is 1. The lowest BCUT2D eigenvalue weighted by Crippen LogP contribution is -2.14. The van der Waals surface area contributed by atoms with Gasteiger partial charge in [-0.3, -0.25) is 9.59 Å². The summed E-state index contributed by atoms with van der Waals surface area (Å²) in [7, 11) is 1.25. The number of rotatable bonds is 7. The Morgan fingerprint density at radius 2 is 1.92 bits per heavy atom. The molecule has 0 fully saturated rings. The predicted octanol–water partition coefficient (Wildman–Crippen LogP) is 3.55. The van der Waals surface area contributed by atoms with Crippen LogP contribution in [0.3, 0.4) is 0 Å². The Kier molecular flexibility index (Phi) is 6.41. The van der Waals surface area contributed by atoms with Crippen LogP contribution in [0.15, 0.2) is 29.4 Å².